The number of halogens is 1. The molecule has 1 aliphatic heterocycles. The van der Waals surface area contributed by atoms with E-state index in [0.717, 1.165) is 65.0 Å². The van der Waals surface area contributed by atoms with Gasteiger partial charge in [-0.1, -0.05) is 29.4 Å². The molecule has 174 valence electrons. The van der Waals surface area contributed by atoms with Gasteiger partial charge >= 0.3 is 0 Å². The Labute approximate surface area is 207 Å². The molecule has 0 bridgehead atoms. The van der Waals surface area contributed by atoms with Crippen LogP contribution in [0, 0.1) is 19.3 Å². The summed E-state index contributed by atoms with van der Waals surface area (Å²) in [4.78, 5) is 17.3. The van der Waals surface area contributed by atoms with Gasteiger partial charge in [0.15, 0.2) is 5.82 Å². The fourth-order valence-corrected chi connectivity index (χ4v) is 6.64. The molecular formula is C25H26ClN7S. The summed E-state index contributed by atoms with van der Waals surface area (Å²) < 4.78 is 1.99. The van der Waals surface area contributed by atoms with Crippen LogP contribution >= 0.6 is 23.4 Å². The highest BCUT2D eigenvalue weighted by Gasteiger charge is 2.46. The molecule has 1 aliphatic carbocycles. The Balaban J connectivity index is 1.29. The molecule has 7 nitrogen and oxygen atoms in total. The smallest absolute Gasteiger partial charge is 0.155 e. The van der Waals surface area contributed by atoms with E-state index in [1.807, 2.05) is 49.0 Å². The fraction of sp³-hybridized carbons (Fsp3) is 0.360. The SMILES string of the molecule is Cc1nccc(Sc2c(C)nc(N3CCC4(CC3)Cc3ncccc3[C@H]4N)c3ccnn23)c1Cl. The average Bonchev–Trinajstić information content (AvgIpc) is 3.43. The van der Waals surface area contributed by atoms with Crippen LogP contribution in [0.2, 0.25) is 5.02 Å². The molecule has 2 aliphatic rings. The van der Waals surface area contributed by atoms with Crippen LogP contribution in [0.25, 0.3) is 5.52 Å². The Morgan fingerprint density at radius 1 is 1.06 bits per heavy atom. The van der Waals surface area contributed by atoms with Crippen molar-refractivity contribution in [2.45, 2.75) is 49.1 Å². The van der Waals surface area contributed by atoms with Gasteiger partial charge in [0.1, 0.15) is 10.5 Å². The molecule has 4 aromatic rings. The molecule has 1 saturated heterocycles. The molecule has 34 heavy (non-hydrogen) atoms. The van der Waals surface area contributed by atoms with E-state index in [9.17, 15) is 0 Å². The van der Waals surface area contributed by atoms with E-state index in [4.69, 9.17) is 22.3 Å². The average molecular weight is 492 g/mol. The normalized spacial score (nSPS) is 19.2. The Hall–Kier alpha value is -2.68. The quantitative estimate of drug-likeness (QED) is 0.441. The Morgan fingerprint density at radius 2 is 1.88 bits per heavy atom. The van der Waals surface area contributed by atoms with Crippen LogP contribution < -0.4 is 10.6 Å². The van der Waals surface area contributed by atoms with Gasteiger partial charge in [-0.2, -0.15) is 5.10 Å². The summed E-state index contributed by atoms with van der Waals surface area (Å²) in [5.41, 5.74) is 12.0. The number of piperidine rings is 1. The van der Waals surface area contributed by atoms with Crippen LogP contribution in [-0.4, -0.2) is 37.7 Å². The number of nitrogens with two attached hydrogens (primary N) is 1. The number of anilines is 1. The van der Waals surface area contributed by atoms with E-state index >= 15 is 0 Å². The summed E-state index contributed by atoms with van der Waals surface area (Å²) in [6.07, 6.45) is 8.51. The Kier molecular flexibility index (Phi) is 5.28. The lowest BCUT2D eigenvalue weighted by Gasteiger charge is -2.42. The monoisotopic (exact) mass is 491 g/mol. The van der Waals surface area contributed by atoms with Gasteiger partial charge in [-0.25, -0.2) is 9.50 Å². The van der Waals surface area contributed by atoms with E-state index < -0.39 is 0 Å². The first-order chi connectivity index (χ1) is 16.5. The lowest BCUT2D eigenvalue weighted by molar-refractivity contribution is 0.186. The van der Waals surface area contributed by atoms with Crippen LogP contribution in [0.5, 0.6) is 0 Å². The highest BCUT2D eigenvalue weighted by atomic mass is 35.5. The largest absolute Gasteiger partial charge is 0.355 e. The highest BCUT2D eigenvalue weighted by molar-refractivity contribution is 7.99. The van der Waals surface area contributed by atoms with Crippen LogP contribution in [0.4, 0.5) is 5.82 Å². The minimum absolute atomic E-state index is 0.0513. The zero-order valence-corrected chi connectivity index (χ0v) is 20.8. The molecule has 0 amide bonds. The van der Waals surface area contributed by atoms with Gasteiger partial charge in [0.25, 0.3) is 0 Å². The predicted octanol–water partition coefficient (Wildman–Crippen LogP) is 4.78. The van der Waals surface area contributed by atoms with Gasteiger partial charge < -0.3 is 10.6 Å². The summed E-state index contributed by atoms with van der Waals surface area (Å²) in [5.74, 6) is 0.980. The van der Waals surface area contributed by atoms with Crippen molar-refractivity contribution in [2.75, 3.05) is 18.0 Å². The van der Waals surface area contributed by atoms with Gasteiger partial charge in [0.05, 0.1) is 22.6 Å². The van der Waals surface area contributed by atoms with Crippen LogP contribution in [0.15, 0.2) is 52.8 Å². The standard InChI is InChI=1S/C25H26ClN7S/c1-15-21(26)20(6-10-28-15)34-24-16(2)31-23(19-5-11-30-33(19)24)32-12-7-25(8-13-32)14-18-17(22(25)27)4-3-9-29-18/h3-6,9-11,22H,7-8,12-14,27H2,1-2H3/t22-/m1/s1. The molecule has 0 radical (unpaired) electrons. The van der Waals surface area contributed by atoms with Crippen molar-refractivity contribution < 1.29 is 0 Å². The molecule has 1 spiro atoms. The number of hydrogen-bond donors (Lipinski definition) is 1. The molecule has 0 aromatic carbocycles. The minimum atomic E-state index is 0.0513. The van der Waals surface area contributed by atoms with Crippen molar-refractivity contribution in [1.29, 1.82) is 0 Å². The number of fused-ring (bicyclic) bond motifs is 2. The molecule has 1 fully saturated rings. The zero-order chi connectivity index (χ0) is 23.4. The molecule has 6 rings (SSSR count). The Morgan fingerprint density at radius 3 is 2.68 bits per heavy atom. The fourth-order valence-electron chi connectivity index (χ4n) is 5.42. The van der Waals surface area contributed by atoms with Gasteiger partial charge in [-0.05, 0) is 62.3 Å². The number of rotatable bonds is 3. The zero-order valence-electron chi connectivity index (χ0n) is 19.2. The van der Waals surface area contributed by atoms with Gasteiger partial charge in [-0.3, -0.25) is 9.97 Å². The molecule has 4 aromatic heterocycles. The summed E-state index contributed by atoms with van der Waals surface area (Å²) in [7, 11) is 0. The lowest BCUT2D eigenvalue weighted by Crippen LogP contribution is -2.44. The summed E-state index contributed by atoms with van der Waals surface area (Å²) in [5, 5.41) is 6.27. The topological polar surface area (TPSA) is 85.2 Å². The van der Waals surface area contributed by atoms with Gasteiger partial charge in [0.2, 0.25) is 0 Å². The number of nitrogens with zero attached hydrogens (tertiary/aromatic N) is 6. The third kappa shape index (κ3) is 3.39. The van der Waals surface area contributed by atoms with E-state index in [-0.39, 0.29) is 11.5 Å². The summed E-state index contributed by atoms with van der Waals surface area (Å²) in [6.45, 7) is 5.78. The van der Waals surface area contributed by atoms with Crippen molar-refractivity contribution in [2.24, 2.45) is 11.1 Å². The second-order valence-electron chi connectivity index (χ2n) is 9.31. The summed E-state index contributed by atoms with van der Waals surface area (Å²) >= 11 is 8.10. The maximum absolute atomic E-state index is 6.75. The van der Waals surface area contributed by atoms with Crippen molar-refractivity contribution in [3.05, 3.63) is 70.5 Å². The highest BCUT2D eigenvalue weighted by Crippen LogP contribution is 2.50. The first kappa shape index (κ1) is 21.8. The molecular weight excluding hydrogens is 466 g/mol. The second kappa shape index (κ2) is 8.22. The van der Waals surface area contributed by atoms with Crippen molar-refractivity contribution in [3.63, 3.8) is 0 Å². The van der Waals surface area contributed by atoms with E-state index in [1.165, 1.54) is 11.3 Å². The number of aromatic nitrogens is 5. The maximum Gasteiger partial charge on any atom is 0.155 e. The van der Waals surface area contributed by atoms with Crippen molar-refractivity contribution >= 4 is 34.7 Å². The minimum Gasteiger partial charge on any atom is -0.355 e. The number of aryl methyl sites for hydroxylation is 2. The van der Waals surface area contributed by atoms with E-state index in [1.54, 1.807) is 18.0 Å². The van der Waals surface area contributed by atoms with E-state index in [0.29, 0.717) is 5.02 Å². The number of hydrogen-bond acceptors (Lipinski definition) is 7. The molecule has 9 heteroatoms. The van der Waals surface area contributed by atoms with E-state index in [2.05, 4.69) is 26.0 Å². The first-order valence-electron chi connectivity index (χ1n) is 11.5. The van der Waals surface area contributed by atoms with Crippen LogP contribution in [0.1, 0.15) is 41.5 Å². The Bertz CT molecular complexity index is 1390. The lowest BCUT2D eigenvalue weighted by atomic mass is 9.73. The number of pyridine rings is 2. The second-order valence-corrected chi connectivity index (χ2v) is 10.7. The first-order valence-corrected chi connectivity index (χ1v) is 12.7. The van der Waals surface area contributed by atoms with Crippen LogP contribution in [-0.2, 0) is 6.42 Å². The van der Waals surface area contributed by atoms with Crippen molar-refractivity contribution in [1.82, 2.24) is 24.6 Å². The molecule has 2 N–H and O–H groups in total. The third-order valence-corrected chi connectivity index (χ3v) is 9.19. The maximum atomic E-state index is 6.75. The van der Waals surface area contributed by atoms with Gasteiger partial charge in [0, 0.05) is 42.1 Å². The van der Waals surface area contributed by atoms with Crippen molar-refractivity contribution in [3.8, 4) is 0 Å². The molecule has 5 heterocycles. The van der Waals surface area contributed by atoms with Gasteiger partial charge in [-0.15, -0.1) is 0 Å². The third-order valence-electron chi connectivity index (χ3n) is 7.38. The molecule has 0 saturated carbocycles. The predicted molar refractivity (Wildman–Crippen MR) is 135 cm³/mol. The molecule has 1 atom stereocenters. The summed E-state index contributed by atoms with van der Waals surface area (Å²) in [6, 6.07) is 8.16. The molecule has 0 unspecified atom stereocenters. The van der Waals surface area contributed by atoms with Crippen LogP contribution in [0.3, 0.4) is 0 Å².